The maximum atomic E-state index is 14.2. The van der Waals surface area contributed by atoms with E-state index in [4.69, 9.17) is 0 Å². The molecule has 1 saturated heterocycles. The van der Waals surface area contributed by atoms with Crippen LogP contribution in [0.3, 0.4) is 0 Å². The zero-order chi connectivity index (χ0) is 21.8. The van der Waals surface area contributed by atoms with Gasteiger partial charge in [-0.3, -0.25) is 0 Å². The number of nitrogens with zero attached hydrogens (tertiary/aromatic N) is 3. The summed E-state index contributed by atoms with van der Waals surface area (Å²) in [5.74, 6) is -1.04. The third-order valence-electron chi connectivity index (χ3n) is 6.23. The number of rotatable bonds is 3. The fourth-order valence-electron chi connectivity index (χ4n) is 4.59. The molecule has 1 aliphatic carbocycles. The van der Waals surface area contributed by atoms with E-state index in [0.29, 0.717) is 12.8 Å². The number of aromatic nitrogens is 2. The average molecular weight is 442 g/mol. The Labute approximate surface area is 179 Å². The number of piperidine rings is 1. The van der Waals surface area contributed by atoms with Gasteiger partial charge in [0.25, 0.3) is 0 Å². The topological polar surface area (TPSA) is 55.2 Å². The van der Waals surface area contributed by atoms with E-state index < -0.39 is 21.3 Å². The molecule has 1 fully saturated rings. The summed E-state index contributed by atoms with van der Waals surface area (Å²) >= 11 is 0. The number of halogens is 2. The van der Waals surface area contributed by atoms with Crippen molar-refractivity contribution in [2.75, 3.05) is 13.1 Å². The normalized spacial score (nSPS) is 21.3. The van der Waals surface area contributed by atoms with Gasteiger partial charge in [0.2, 0.25) is 10.0 Å². The van der Waals surface area contributed by atoms with Gasteiger partial charge in [-0.15, -0.1) is 0 Å². The van der Waals surface area contributed by atoms with Gasteiger partial charge in [0, 0.05) is 18.5 Å². The van der Waals surface area contributed by atoms with Crippen molar-refractivity contribution in [3.8, 4) is 5.69 Å². The van der Waals surface area contributed by atoms with Crippen molar-refractivity contribution in [1.29, 1.82) is 0 Å². The minimum Gasteiger partial charge on any atom is -0.233 e. The predicted octanol–water partition coefficient (Wildman–Crippen LogP) is 4.19. The van der Waals surface area contributed by atoms with Crippen LogP contribution in [0, 0.1) is 17.0 Å². The van der Waals surface area contributed by atoms with Crippen LogP contribution in [0.4, 0.5) is 8.78 Å². The van der Waals surface area contributed by atoms with Crippen molar-refractivity contribution in [2.45, 2.75) is 24.7 Å². The molecule has 1 aromatic heterocycles. The third-order valence-corrected chi connectivity index (χ3v) is 8.11. The Morgan fingerprint density at radius 2 is 1.81 bits per heavy atom. The SMILES string of the molecule is CC12Cc3cnn(-c4ccc(F)cc4)c3C=C1CCN(S(=O)(=O)c1ccccc1F)C2. The second-order valence-corrected chi connectivity index (χ2v) is 10.3. The maximum absolute atomic E-state index is 14.2. The molecule has 160 valence electrons. The first kappa shape index (κ1) is 20.1. The largest absolute Gasteiger partial charge is 0.246 e. The van der Waals surface area contributed by atoms with Gasteiger partial charge >= 0.3 is 0 Å². The van der Waals surface area contributed by atoms with Gasteiger partial charge in [-0.25, -0.2) is 21.9 Å². The Morgan fingerprint density at radius 3 is 2.55 bits per heavy atom. The Hall–Kier alpha value is -2.84. The molecule has 2 aliphatic rings. The lowest BCUT2D eigenvalue weighted by molar-refractivity contribution is 0.231. The number of hydrogen-bond acceptors (Lipinski definition) is 3. The molecule has 2 heterocycles. The summed E-state index contributed by atoms with van der Waals surface area (Å²) in [5, 5.41) is 4.48. The lowest BCUT2D eigenvalue weighted by atomic mass is 9.70. The smallest absolute Gasteiger partial charge is 0.233 e. The third kappa shape index (κ3) is 3.30. The minimum absolute atomic E-state index is 0.274. The van der Waals surface area contributed by atoms with Crippen molar-refractivity contribution in [1.82, 2.24) is 14.1 Å². The molecule has 0 N–H and O–H groups in total. The molecule has 1 aliphatic heterocycles. The number of benzene rings is 2. The Balaban J connectivity index is 1.47. The first-order chi connectivity index (χ1) is 14.8. The van der Waals surface area contributed by atoms with Crippen molar-refractivity contribution >= 4 is 16.1 Å². The molecule has 0 bridgehead atoms. The number of sulfonamides is 1. The van der Waals surface area contributed by atoms with Crippen LogP contribution < -0.4 is 0 Å². The summed E-state index contributed by atoms with van der Waals surface area (Å²) < 4.78 is 56.9. The maximum Gasteiger partial charge on any atom is 0.246 e. The molecule has 0 saturated carbocycles. The Bertz CT molecular complexity index is 1300. The summed E-state index contributed by atoms with van der Waals surface area (Å²) in [7, 11) is -3.93. The highest BCUT2D eigenvalue weighted by molar-refractivity contribution is 7.89. The predicted molar refractivity (Wildman–Crippen MR) is 113 cm³/mol. The van der Waals surface area contributed by atoms with Crippen LogP contribution in [-0.4, -0.2) is 35.6 Å². The zero-order valence-corrected chi connectivity index (χ0v) is 17.7. The zero-order valence-electron chi connectivity index (χ0n) is 16.9. The van der Waals surface area contributed by atoms with Crippen LogP contribution in [0.15, 0.2) is 65.2 Å². The van der Waals surface area contributed by atoms with Crippen LogP contribution in [0.2, 0.25) is 0 Å². The Kier molecular flexibility index (Phi) is 4.60. The summed E-state index contributed by atoms with van der Waals surface area (Å²) in [5.41, 5.74) is 3.44. The highest BCUT2D eigenvalue weighted by Crippen LogP contribution is 2.45. The molecular formula is C23H21F2N3O2S. The highest BCUT2D eigenvalue weighted by atomic mass is 32.2. The van der Waals surface area contributed by atoms with E-state index in [-0.39, 0.29) is 23.8 Å². The molecule has 8 heteroatoms. The number of fused-ring (bicyclic) bond motifs is 2. The molecule has 1 unspecified atom stereocenters. The molecule has 1 atom stereocenters. The first-order valence-electron chi connectivity index (χ1n) is 10.1. The summed E-state index contributed by atoms with van der Waals surface area (Å²) in [4.78, 5) is -0.286. The van der Waals surface area contributed by atoms with Gasteiger partial charge in [-0.2, -0.15) is 9.40 Å². The minimum atomic E-state index is -3.93. The molecule has 5 nitrogen and oxygen atoms in total. The second-order valence-electron chi connectivity index (χ2n) is 8.37. The van der Waals surface area contributed by atoms with Crippen LogP contribution in [0.25, 0.3) is 11.8 Å². The van der Waals surface area contributed by atoms with Crippen LogP contribution in [-0.2, 0) is 16.4 Å². The quantitative estimate of drug-likeness (QED) is 0.613. The van der Waals surface area contributed by atoms with Gasteiger partial charge in [-0.05, 0) is 60.9 Å². The first-order valence-corrected chi connectivity index (χ1v) is 11.5. The fraction of sp³-hybridized carbons (Fsp3) is 0.261. The van der Waals surface area contributed by atoms with Gasteiger partial charge in [0.05, 0.1) is 17.6 Å². The molecule has 0 spiro atoms. The van der Waals surface area contributed by atoms with Gasteiger partial charge in [0.15, 0.2) is 0 Å². The van der Waals surface area contributed by atoms with Crippen LogP contribution >= 0.6 is 0 Å². The summed E-state index contributed by atoms with van der Waals surface area (Å²) in [6.07, 6.45) is 5.03. The van der Waals surface area contributed by atoms with Gasteiger partial charge < -0.3 is 0 Å². The lowest BCUT2D eigenvalue weighted by Crippen LogP contribution is -2.47. The van der Waals surface area contributed by atoms with E-state index in [0.717, 1.165) is 22.5 Å². The van der Waals surface area contributed by atoms with E-state index >= 15 is 0 Å². The molecule has 0 amide bonds. The van der Waals surface area contributed by atoms with Crippen molar-refractivity contribution in [3.63, 3.8) is 0 Å². The lowest BCUT2D eigenvalue weighted by Gasteiger charge is -2.43. The number of hydrogen-bond donors (Lipinski definition) is 0. The highest BCUT2D eigenvalue weighted by Gasteiger charge is 2.43. The van der Waals surface area contributed by atoms with Crippen LogP contribution in [0.5, 0.6) is 0 Å². The van der Waals surface area contributed by atoms with Crippen LogP contribution in [0.1, 0.15) is 24.6 Å². The van der Waals surface area contributed by atoms with E-state index in [1.54, 1.807) is 23.0 Å². The van der Waals surface area contributed by atoms with E-state index in [1.807, 2.05) is 6.92 Å². The van der Waals surface area contributed by atoms with Crippen molar-refractivity contribution in [2.24, 2.45) is 5.41 Å². The molecule has 0 radical (unpaired) electrons. The second kappa shape index (κ2) is 7.10. The van der Waals surface area contributed by atoms with Crippen molar-refractivity contribution < 1.29 is 17.2 Å². The van der Waals surface area contributed by atoms with E-state index in [2.05, 4.69) is 11.2 Å². The molecule has 3 aromatic rings. The summed E-state index contributed by atoms with van der Waals surface area (Å²) in [6.45, 7) is 2.61. The van der Waals surface area contributed by atoms with Gasteiger partial charge in [-0.1, -0.05) is 24.6 Å². The van der Waals surface area contributed by atoms with E-state index in [1.165, 1.54) is 40.7 Å². The molecule has 5 rings (SSSR count). The fourth-order valence-corrected chi connectivity index (χ4v) is 6.22. The molecular weight excluding hydrogens is 420 g/mol. The van der Waals surface area contributed by atoms with Crippen molar-refractivity contribution in [3.05, 3.63) is 83.2 Å². The monoisotopic (exact) mass is 441 g/mol. The van der Waals surface area contributed by atoms with Gasteiger partial charge in [0.1, 0.15) is 16.5 Å². The average Bonchev–Trinajstić information content (AvgIpc) is 3.14. The molecule has 2 aromatic carbocycles. The molecule has 31 heavy (non-hydrogen) atoms. The van der Waals surface area contributed by atoms with E-state index in [9.17, 15) is 17.2 Å². The summed E-state index contributed by atoms with van der Waals surface area (Å²) in [6, 6.07) is 11.6. The standard InChI is InChI=1S/C23H21F2N3O2S/c1-23-13-16-14-26-28(19-8-6-18(24)7-9-19)21(16)12-17(23)10-11-27(15-23)31(29,30)22-5-3-2-4-20(22)25/h2-9,12,14H,10-11,13,15H2,1H3. The Morgan fingerprint density at radius 1 is 1.06 bits per heavy atom.